The molecule has 1 rings (SSSR count). The lowest BCUT2D eigenvalue weighted by Gasteiger charge is -2.18. The summed E-state index contributed by atoms with van der Waals surface area (Å²) in [6.07, 6.45) is 0. The fraction of sp³-hybridized carbons (Fsp3) is 0.571. The van der Waals surface area contributed by atoms with E-state index >= 15 is 0 Å². The fourth-order valence-corrected chi connectivity index (χ4v) is 2.40. The van der Waals surface area contributed by atoms with E-state index in [1.807, 2.05) is 13.8 Å². The molecule has 0 aliphatic carbocycles. The lowest BCUT2D eigenvalue weighted by Crippen LogP contribution is -2.29. The SMILES string of the molecule is CCN(CC)CCNc1c([N+](=O)[O-])cc(CO)c(C)c1[N+](=O)[O-]. The van der Waals surface area contributed by atoms with Crippen LogP contribution in [-0.4, -0.2) is 46.0 Å². The van der Waals surface area contributed by atoms with Crippen molar-refractivity contribution in [3.63, 3.8) is 0 Å². The maximum absolute atomic E-state index is 11.3. The van der Waals surface area contributed by atoms with E-state index in [2.05, 4.69) is 10.2 Å². The van der Waals surface area contributed by atoms with E-state index in [-0.39, 0.29) is 22.5 Å². The van der Waals surface area contributed by atoms with Gasteiger partial charge in [0.15, 0.2) is 5.69 Å². The molecule has 0 aliphatic rings. The Kier molecular flexibility index (Phi) is 6.86. The average Bonchev–Trinajstić information content (AvgIpc) is 2.50. The summed E-state index contributed by atoms with van der Waals surface area (Å²) in [5.74, 6) is 0. The number of benzene rings is 1. The summed E-state index contributed by atoms with van der Waals surface area (Å²) >= 11 is 0. The number of nitro groups is 2. The van der Waals surface area contributed by atoms with Crippen LogP contribution in [0.4, 0.5) is 17.1 Å². The smallest absolute Gasteiger partial charge is 0.302 e. The number of nitrogens with one attached hydrogen (secondary N) is 1. The molecule has 0 heterocycles. The van der Waals surface area contributed by atoms with Crippen LogP contribution in [0.25, 0.3) is 0 Å². The molecule has 9 heteroatoms. The molecule has 23 heavy (non-hydrogen) atoms. The quantitative estimate of drug-likeness (QED) is 0.526. The zero-order valence-corrected chi connectivity index (χ0v) is 13.5. The molecule has 0 saturated carbocycles. The monoisotopic (exact) mass is 326 g/mol. The number of likely N-dealkylation sites (N-methyl/N-ethyl adjacent to an activating group) is 1. The van der Waals surface area contributed by atoms with E-state index < -0.39 is 22.1 Å². The predicted molar refractivity (Wildman–Crippen MR) is 86.7 cm³/mol. The summed E-state index contributed by atoms with van der Waals surface area (Å²) in [6, 6.07) is 1.18. The van der Waals surface area contributed by atoms with E-state index in [1.165, 1.54) is 13.0 Å². The van der Waals surface area contributed by atoms with Crippen LogP contribution in [-0.2, 0) is 6.61 Å². The number of nitrogens with zero attached hydrogens (tertiary/aromatic N) is 3. The summed E-state index contributed by atoms with van der Waals surface area (Å²) in [7, 11) is 0. The van der Waals surface area contributed by atoms with Gasteiger partial charge in [-0.1, -0.05) is 13.8 Å². The van der Waals surface area contributed by atoms with Crippen molar-refractivity contribution >= 4 is 17.1 Å². The van der Waals surface area contributed by atoms with Crippen LogP contribution in [0.5, 0.6) is 0 Å². The van der Waals surface area contributed by atoms with Crippen molar-refractivity contribution in [3.05, 3.63) is 37.4 Å². The maximum atomic E-state index is 11.3. The van der Waals surface area contributed by atoms with Crippen molar-refractivity contribution in [2.75, 3.05) is 31.5 Å². The van der Waals surface area contributed by atoms with E-state index in [9.17, 15) is 25.3 Å². The number of rotatable bonds is 9. The van der Waals surface area contributed by atoms with Gasteiger partial charge < -0.3 is 15.3 Å². The van der Waals surface area contributed by atoms with Gasteiger partial charge in [-0.05, 0) is 25.6 Å². The highest BCUT2D eigenvalue weighted by Crippen LogP contribution is 2.39. The van der Waals surface area contributed by atoms with Crippen LogP contribution in [0.3, 0.4) is 0 Å². The van der Waals surface area contributed by atoms with Gasteiger partial charge in [0.05, 0.1) is 16.5 Å². The first-order valence-electron chi connectivity index (χ1n) is 7.39. The third kappa shape index (κ3) is 4.36. The Morgan fingerprint density at radius 1 is 1.22 bits per heavy atom. The summed E-state index contributed by atoms with van der Waals surface area (Å²) in [5.41, 5.74) is -0.457. The van der Waals surface area contributed by atoms with Gasteiger partial charge in [0.25, 0.3) is 5.69 Å². The average molecular weight is 326 g/mol. The van der Waals surface area contributed by atoms with E-state index in [4.69, 9.17) is 0 Å². The molecular weight excluding hydrogens is 304 g/mol. The largest absolute Gasteiger partial charge is 0.392 e. The van der Waals surface area contributed by atoms with Gasteiger partial charge in [0.1, 0.15) is 0 Å². The summed E-state index contributed by atoms with van der Waals surface area (Å²) in [5, 5.41) is 34.7. The number of hydrogen-bond acceptors (Lipinski definition) is 7. The first-order valence-corrected chi connectivity index (χ1v) is 7.39. The lowest BCUT2D eigenvalue weighted by molar-refractivity contribution is -0.392. The fourth-order valence-electron chi connectivity index (χ4n) is 2.40. The van der Waals surface area contributed by atoms with Gasteiger partial charge >= 0.3 is 5.69 Å². The zero-order valence-electron chi connectivity index (χ0n) is 13.5. The Labute approximate surface area is 134 Å². The molecule has 9 nitrogen and oxygen atoms in total. The summed E-state index contributed by atoms with van der Waals surface area (Å²) in [4.78, 5) is 23.4. The minimum atomic E-state index is -0.675. The molecule has 1 aromatic carbocycles. The molecule has 2 N–H and O–H groups in total. The van der Waals surface area contributed by atoms with E-state index in [1.54, 1.807) is 0 Å². The maximum Gasteiger partial charge on any atom is 0.302 e. The number of nitro benzene ring substituents is 2. The topological polar surface area (TPSA) is 122 Å². The summed E-state index contributed by atoms with van der Waals surface area (Å²) < 4.78 is 0. The number of hydrogen-bond donors (Lipinski definition) is 2. The zero-order chi connectivity index (χ0) is 17.6. The summed E-state index contributed by atoms with van der Waals surface area (Å²) in [6.45, 7) is 7.58. The molecule has 0 spiro atoms. The van der Waals surface area contributed by atoms with Crippen LogP contribution < -0.4 is 5.32 Å². The molecule has 0 bridgehead atoms. The van der Waals surface area contributed by atoms with Gasteiger partial charge in [-0.15, -0.1) is 0 Å². The van der Waals surface area contributed by atoms with Gasteiger partial charge in [0, 0.05) is 24.7 Å². The second kappa shape index (κ2) is 8.39. The van der Waals surface area contributed by atoms with Crippen molar-refractivity contribution in [1.82, 2.24) is 4.90 Å². The Hall–Kier alpha value is -2.26. The predicted octanol–water partition coefficient (Wildman–Crippen LogP) is 2.06. The van der Waals surface area contributed by atoms with Crippen molar-refractivity contribution in [2.45, 2.75) is 27.4 Å². The van der Waals surface area contributed by atoms with Crippen molar-refractivity contribution in [1.29, 1.82) is 0 Å². The molecule has 1 aromatic rings. The van der Waals surface area contributed by atoms with Gasteiger partial charge in [-0.2, -0.15) is 0 Å². The molecule has 0 amide bonds. The van der Waals surface area contributed by atoms with Crippen LogP contribution in [0.15, 0.2) is 6.07 Å². The number of aliphatic hydroxyl groups is 1. The number of aliphatic hydroxyl groups excluding tert-OH is 1. The molecule has 0 radical (unpaired) electrons. The molecular formula is C14H22N4O5. The Morgan fingerprint density at radius 3 is 2.26 bits per heavy atom. The van der Waals surface area contributed by atoms with E-state index in [0.29, 0.717) is 13.1 Å². The molecule has 0 aromatic heterocycles. The molecule has 0 atom stereocenters. The minimum Gasteiger partial charge on any atom is -0.392 e. The first-order chi connectivity index (χ1) is 10.9. The minimum absolute atomic E-state index is 0.109. The van der Waals surface area contributed by atoms with E-state index in [0.717, 1.165) is 13.1 Å². The molecule has 0 fully saturated rings. The van der Waals surface area contributed by atoms with Crippen LogP contribution in [0.2, 0.25) is 0 Å². The second-order valence-corrected chi connectivity index (χ2v) is 5.03. The Balaban J connectivity index is 3.24. The third-order valence-corrected chi connectivity index (χ3v) is 3.81. The molecule has 0 aliphatic heterocycles. The number of anilines is 1. The van der Waals surface area contributed by atoms with Crippen molar-refractivity contribution < 1.29 is 15.0 Å². The molecule has 128 valence electrons. The lowest BCUT2D eigenvalue weighted by atomic mass is 10.0. The highest BCUT2D eigenvalue weighted by Gasteiger charge is 2.29. The third-order valence-electron chi connectivity index (χ3n) is 3.81. The highest BCUT2D eigenvalue weighted by atomic mass is 16.6. The van der Waals surface area contributed by atoms with Crippen LogP contribution >= 0.6 is 0 Å². The molecule has 0 saturated heterocycles. The standard InChI is InChI=1S/C14H22N4O5/c1-4-16(5-2)7-6-15-13-12(17(20)21)8-11(9-19)10(3)14(13)18(22)23/h8,15,19H,4-7,9H2,1-3H3. The van der Waals surface area contributed by atoms with Crippen molar-refractivity contribution in [3.8, 4) is 0 Å². The van der Waals surface area contributed by atoms with Crippen molar-refractivity contribution in [2.24, 2.45) is 0 Å². The Morgan fingerprint density at radius 2 is 1.83 bits per heavy atom. The highest BCUT2D eigenvalue weighted by molar-refractivity contribution is 5.77. The van der Waals surface area contributed by atoms with Crippen LogP contribution in [0.1, 0.15) is 25.0 Å². The van der Waals surface area contributed by atoms with Gasteiger partial charge in [-0.25, -0.2) is 0 Å². The Bertz CT molecular complexity index is 587. The molecule has 0 unspecified atom stereocenters. The van der Waals surface area contributed by atoms with Gasteiger partial charge in [-0.3, -0.25) is 20.2 Å². The van der Waals surface area contributed by atoms with Crippen LogP contribution in [0, 0.1) is 27.2 Å². The normalized spacial score (nSPS) is 10.8. The first kappa shape index (κ1) is 18.8. The van der Waals surface area contributed by atoms with Gasteiger partial charge in [0.2, 0.25) is 0 Å². The second-order valence-electron chi connectivity index (χ2n) is 5.03.